The summed E-state index contributed by atoms with van der Waals surface area (Å²) >= 11 is 0. The van der Waals surface area contributed by atoms with Crippen LogP contribution in [0.1, 0.15) is 70.9 Å². The van der Waals surface area contributed by atoms with Crippen LogP contribution in [0, 0.1) is 11.3 Å². The van der Waals surface area contributed by atoms with Gasteiger partial charge in [-0.1, -0.05) is 20.3 Å². The second-order valence-electron chi connectivity index (χ2n) is 8.14. The Labute approximate surface area is 151 Å². The van der Waals surface area contributed by atoms with Gasteiger partial charge in [-0.2, -0.15) is 0 Å². The van der Waals surface area contributed by atoms with Gasteiger partial charge in [0.2, 0.25) is 0 Å². The van der Waals surface area contributed by atoms with E-state index in [9.17, 15) is 0 Å². The largest absolute Gasteiger partial charge is 0.357 e. The van der Waals surface area contributed by atoms with E-state index >= 15 is 0 Å². The van der Waals surface area contributed by atoms with Crippen LogP contribution < -0.4 is 10.6 Å². The van der Waals surface area contributed by atoms with Gasteiger partial charge in [0.25, 0.3) is 0 Å². The minimum atomic E-state index is 0.471. The molecule has 1 aliphatic carbocycles. The summed E-state index contributed by atoms with van der Waals surface area (Å²) in [6, 6.07) is 0. The molecule has 6 heteroatoms. The van der Waals surface area contributed by atoms with Crippen LogP contribution in [-0.4, -0.2) is 33.8 Å². The van der Waals surface area contributed by atoms with Crippen LogP contribution in [-0.2, 0) is 19.5 Å². The van der Waals surface area contributed by atoms with E-state index in [1.54, 1.807) is 0 Å². The van der Waals surface area contributed by atoms with Crippen LogP contribution in [0.3, 0.4) is 0 Å². The zero-order chi connectivity index (χ0) is 17.7. The molecule has 0 unspecified atom stereocenters. The highest BCUT2D eigenvalue weighted by Gasteiger charge is 2.37. The fourth-order valence-electron chi connectivity index (χ4n) is 4.24. The quantitative estimate of drug-likeness (QED) is 0.588. The SMILES string of the molecule is CCNC(=NCc1nnc2n1CCCC2)NCC1(CC(C)C)CCC1. The molecule has 0 atom stereocenters. The summed E-state index contributed by atoms with van der Waals surface area (Å²) in [7, 11) is 0. The Morgan fingerprint density at radius 3 is 2.72 bits per heavy atom. The fraction of sp³-hybridized carbons (Fsp3) is 0.842. The highest BCUT2D eigenvalue weighted by molar-refractivity contribution is 5.79. The predicted octanol–water partition coefficient (Wildman–Crippen LogP) is 2.89. The number of fused-ring (bicyclic) bond motifs is 1. The molecule has 25 heavy (non-hydrogen) atoms. The van der Waals surface area contributed by atoms with E-state index in [4.69, 9.17) is 4.99 Å². The van der Waals surface area contributed by atoms with Crippen molar-refractivity contribution in [1.29, 1.82) is 0 Å². The Balaban J connectivity index is 1.60. The molecule has 1 aliphatic heterocycles. The molecule has 2 N–H and O–H groups in total. The zero-order valence-corrected chi connectivity index (χ0v) is 16.1. The third-order valence-electron chi connectivity index (χ3n) is 5.55. The molecule has 1 saturated carbocycles. The Hall–Kier alpha value is -1.59. The summed E-state index contributed by atoms with van der Waals surface area (Å²) in [6.45, 7) is 10.3. The molecule has 0 amide bonds. The van der Waals surface area contributed by atoms with Crippen LogP contribution in [0.5, 0.6) is 0 Å². The average molecular weight is 347 g/mol. The predicted molar refractivity (Wildman–Crippen MR) is 102 cm³/mol. The summed E-state index contributed by atoms with van der Waals surface area (Å²) < 4.78 is 2.25. The third kappa shape index (κ3) is 4.53. The number of aliphatic imine (C=N–C) groups is 1. The van der Waals surface area contributed by atoms with Gasteiger partial charge in [-0.05, 0) is 50.4 Å². The molecule has 3 rings (SSSR count). The first-order valence-electron chi connectivity index (χ1n) is 10.0. The minimum Gasteiger partial charge on any atom is -0.357 e. The number of rotatable bonds is 7. The summed E-state index contributed by atoms with van der Waals surface area (Å²) in [5.74, 6) is 3.78. The summed E-state index contributed by atoms with van der Waals surface area (Å²) in [6.07, 6.45) is 8.85. The van der Waals surface area contributed by atoms with Crippen LogP contribution in [0.25, 0.3) is 0 Å². The zero-order valence-electron chi connectivity index (χ0n) is 16.1. The smallest absolute Gasteiger partial charge is 0.191 e. The van der Waals surface area contributed by atoms with Gasteiger partial charge in [0, 0.05) is 26.1 Å². The molecule has 2 heterocycles. The number of hydrogen-bond donors (Lipinski definition) is 2. The fourth-order valence-corrected chi connectivity index (χ4v) is 4.24. The van der Waals surface area contributed by atoms with Gasteiger partial charge >= 0.3 is 0 Å². The van der Waals surface area contributed by atoms with E-state index in [-0.39, 0.29) is 0 Å². The lowest BCUT2D eigenvalue weighted by atomic mass is 9.64. The Kier molecular flexibility index (Phi) is 5.97. The lowest BCUT2D eigenvalue weighted by Crippen LogP contribution is -2.47. The Morgan fingerprint density at radius 2 is 2.04 bits per heavy atom. The molecule has 6 nitrogen and oxygen atoms in total. The van der Waals surface area contributed by atoms with Gasteiger partial charge in [0.1, 0.15) is 12.4 Å². The molecule has 0 saturated heterocycles. The lowest BCUT2D eigenvalue weighted by Gasteiger charge is -2.43. The molecule has 0 spiro atoms. The maximum Gasteiger partial charge on any atom is 0.191 e. The second kappa shape index (κ2) is 8.19. The van der Waals surface area contributed by atoms with Gasteiger partial charge in [0.05, 0.1) is 0 Å². The molecule has 140 valence electrons. The Morgan fingerprint density at radius 1 is 1.20 bits per heavy atom. The molecular formula is C19H34N6. The summed E-state index contributed by atoms with van der Waals surface area (Å²) in [5.41, 5.74) is 0.471. The molecule has 1 aromatic heterocycles. The molecule has 2 aliphatic rings. The van der Waals surface area contributed by atoms with Gasteiger partial charge in [-0.15, -0.1) is 10.2 Å². The van der Waals surface area contributed by atoms with Gasteiger partial charge < -0.3 is 15.2 Å². The molecule has 1 aromatic rings. The van der Waals surface area contributed by atoms with Crippen molar-refractivity contribution in [3.8, 4) is 0 Å². The summed E-state index contributed by atoms with van der Waals surface area (Å²) in [4.78, 5) is 4.78. The van der Waals surface area contributed by atoms with Crippen molar-refractivity contribution in [1.82, 2.24) is 25.4 Å². The highest BCUT2D eigenvalue weighted by Crippen LogP contribution is 2.45. The van der Waals surface area contributed by atoms with Gasteiger partial charge in [-0.25, -0.2) is 4.99 Å². The maximum atomic E-state index is 4.78. The monoisotopic (exact) mass is 346 g/mol. The number of hydrogen-bond acceptors (Lipinski definition) is 3. The minimum absolute atomic E-state index is 0.471. The number of aryl methyl sites for hydroxylation is 1. The first kappa shape index (κ1) is 18.2. The molecular weight excluding hydrogens is 312 g/mol. The normalized spacial score (nSPS) is 19.4. The number of nitrogens with one attached hydrogen (secondary N) is 2. The molecule has 0 bridgehead atoms. The van der Waals surface area contributed by atoms with Gasteiger partial charge in [0.15, 0.2) is 11.8 Å². The summed E-state index contributed by atoms with van der Waals surface area (Å²) in [5, 5.41) is 15.7. The van der Waals surface area contributed by atoms with Crippen LogP contribution in [0.15, 0.2) is 4.99 Å². The number of nitrogens with zero attached hydrogens (tertiary/aromatic N) is 4. The van der Waals surface area contributed by atoms with Crippen molar-refractivity contribution in [3.05, 3.63) is 11.6 Å². The van der Waals surface area contributed by atoms with E-state index in [2.05, 4.69) is 46.2 Å². The average Bonchev–Trinajstić information content (AvgIpc) is 2.97. The Bertz CT molecular complexity index is 585. The van der Waals surface area contributed by atoms with Crippen LogP contribution in [0.4, 0.5) is 0 Å². The van der Waals surface area contributed by atoms with E-state index in [1.807, 2.05) is 0 Å². The first-order valence-corrected chi connectivity index (χ1v) is 10.0. The van der Waals surface area contributed by atoms with Crippen molar-refractivity contribution in [3.63, 3.8) is 0 Å². The van der Waals surface area contributed by atoms with Crippen LogP contribution in [0.2, 0.25) is 0 Å². The van der Waals surface area contributed by atoms with Gasteiger partial charge in [-0.3, -0.25) is 0 Å². The first-order chi connectivity index (χ1) is 12.1. The number of guanidine groups is 1. The highest BCUT2D eigenvalue weighted by atomic mass is 15.3. The third-order valence-corrected chi connectivity index (χ3v) is 5.55. The van der Waals surface area contributed by atoms with E-state index in [0.717, 1.165) is 49.6 Å². The lowest BCUT2D eigenvalue weighted by molar-refractivity contribution is 0.104. The second-order valence-corrected chi connectivity index (χ2v) is 8.14. The van der Waals surface area contributed by atoms with E-state index in [1.165, 1.54) is 38.5 Å². The van der Waals surface area contributed by atoms with Crippen molar-refractivity contribution in [2.75, 3.05) is 13.1 Å². The number of aromatic nitrogens is 3. The molecule has 1 fully saturated rings. The van der Waals surface area contributed by atoms with Crippen molar-refractivity contribution >= 4 is 5.96 Å². The van der Waals surface area contributed by atoms with Crippen molar-refractivity contribution in [2.45, 2.75) is 78.8 Å². The van der Waals surface area contributed by atoms with E-state index < -0.39 is 0 Å². The van der Waals surface area contributed by atoms with Crippen molar-refractivity contribution in [2.24, 2.45) is 16.3 Å². The van der Waals surface area contributed by atoms with Crippen molar-refractivity contribution < 1.29 is 0 Å². The molecule has 0 radical (unpaired) electrons. The van der Waals surface area contributed by atoms with E-state index in [0.29, 0.717) is 12.0 Å². The maximum absolute atomic E-state index is 4.78. The standard InChI is InChI=1S/C19H34N6/c1-4-20-18(22-14-19(9-7-10-19)12-15(2)3)21-13-17-24-23-16-8-5-6-11-25(16)17/h15H,4-14H2,1-3H3,(H2,20,21,22). The molecule has 0 aromatic carbocycles. The van der Waals surface area contributed by atoms with Crippen LogP contribution >= 0.6 is 0 Å². The topological polar surface area (TPSA) is 67.1 Å².